The molecule has 0 bridgehead atoms. The van der Waals surface area contributed by atoms with Crippen molar-refractivity contribution in [3.63, 3.8) is 0 Å². The van der Waals surface area contributed by atoms with Crippen LogP contribution in [0.15, 0.2) is 48.8 Å². The highest BCUT2D eigenvalue weighted by atomic mass is 16.2. The molecular weight excluding hydrogens is 362 g/mol. The molecule has 5 rings (SSSR count). The monoisotopic (exact) mass is 387 g/mol. The van der Waals surface area contributed by atoms with Gasteiger partial charge in [-0.05, 0) is 49.4 Å². The quantitative estimate of drug-likeness (QED) is 0.751. The fraction of sp³-hybridized carbons (Fsp3) is 0.348. The minimum atomic E-state index is -0.0226. The lowest BCUT2D eigenvalue weighted by Crippen LogP contribution is -2.49. The Morgan fingerprint density at radius 1 is 1.17 bits per heavy atom. The number of benzene rings is 1. The average Bonchev–Trinajstić information content (AvgIpc) is 3.37. The van der Waals surface area contributed by atoms with E-state index in [0.29, 0.717) is 12.2 Å². The predicted octanol–water partition coefficient (Wildman–Crippen LogP) is 2.85. The van der Waals surface area contributed by atoms with Gasteiger partial charge in [0.15, 0.2) is 5.69 Å². The van der Waals surface area contributed by atoms with Gasteiger partial charge >= 0.3 is 0 Å². The third-order valence-electron chi connectivity index (χ3n) is 6.05. The Bertz CT molecular complexity index is 1040. The van der Waals surface area contributed by atoms with Crippen LogP contribution < -0.4 is 5.32 Å². The van der Waals surface area contributed by atoms with Gasteiger partial charge in [-0.15, -0.1) is 0 Å². The maximum atomic E-state index is 13.7. The predicted molar refractivity (Wildman–Crippen MR) is 111 cm³/mol. The number of piperazine rings is 1. The van der Waals surface area contributed by atoms with Gasteiger partial charge in [0.1, 0.15) is 0 Å². The van der Waals surface area contributed by atoms with E-state index in [2.05, 4.69) is 29.4 Å². The third kappa shape index (κ3) is 3.13. The molecule has 0 radical (unpaired) electrons. The van der Waals surface area contributed by atoms with Crippen LogP contribution in [-0.2, 0) is 12.8 Å². The molecule has 1 aliphatic heterocycles. The van der Waals surface area contributed by atoms with Gasteiger partial charge < -0.3 is 10.2 Å². The second-order valence-electron chi connectivity index (χ2n) is 7.83. The Kier molecular flexibility index (Phi) is 4.64. The Labute approximate surface area is 170 Å². The van der Waals surface area contributed by atoms with Crippen LogP contribution in [0.2, 0.25) is 0 Å². The van der Waals surface area contributed by atoms with Crippen LogP contribution in [0.4, 0.5) is 0 Å². The number of hydrogen-bond donors (Lipinski definition) is 1. The summed E-state index contributed by atoms with van der Waals surface area (Å²) in [7, 11) is 0. The molecule has 1 aliphatic carbocycles. The summed E-state index contributed by atoms with van der Waals surface area (Å²) in [4.78, 5) is 19.9. The van der Waals surface area contributed by atoms with Gasteiger partial charge in [-0.1, -0.05) is 24.3 Å². The Morgan fingerprint density at radius 3 is 2.90 bits per heavy atom. The van der Waals surface area contributed by atoms with Gasteiger partial charge in [-0.25, -0.2) is 4.68 Å². The summed E-state index contributed by atoms with van der Waals surface area (Å²) in [5, 5.41) is 8.27. The van der Waals surface area contributed by atoms with Crippen LogP contribution in [0.1, 0.15) is 45.3 Å². The van der Waals surface area contributed by atoms with Gasteiger partial charge in [0.2, 0.25) is 0 Å². The van der Waals surface area contributed by atoms with Crippen LogP contribution in [0.3, 0.4) is 0 Å². The van der Waals surface area contributed by atoms with E-state index in [1.807, 2.05) is 40.0 Å². The summed E-state index contributed by atoms with van der Waals surface area (Å²) in [6, 6.07) is 12.2. The second kappa shape index (κ2) is 7.44. The molecule has 1 amide bonds. The van der Waals surface area contributed by atoms with Crippen LogP contribution in [0, 0.1) is 6.92 Å². The lowest BCUT2D eigenvalue weighted by Gasteiger charge is -2.36. The minimum absolute atomic E-state index is 0.0226. The number of hydrogen-bond acceptors (Lipinski definition) is 4. The molecule has 6 heteroatoms. The highest BCUT2D eigenvalue weighted by molar-refractivity contribution is 5.94. The van der Waals surface area contributed by atoms with Crippen LogP contribution in [-0.4, -0.2) is 45.2 Å². The number of aromatic nitrogens is 3. The van der Waals surface area contributed by atoms with Crippen molar-refractivity contribution < 1.29 is 4.79 Å². The number of amides is 1. The van der Waals surface area contributed by atoms with Crippen molar-refractivity contribution in [2.45, 2.75) is 32.2 Å². The number of para-hydroxylation sites is 1. The SMILES string of the molecule is Cc1ccccc1-n1nc(C(=O)N2CCNCC2c2cccnc2)c2c1CCC2. The van der Waals surface area contributed by atoms with Crippen molar-refractivity contribution in [3.05, 3.63) is 76.9 Å². The van der Waals surface area contributed by atoms with E-state index < -0.39 is 0 Å². The van der Waals surface area contributed by atoms with E-state index in [1.54, 1.807) is 6.20 Å². The van der Waals surface area contributed by atoms with E-state index in [-0.39, 0.29) is 11.9 Å². The highest BCUT2D eigenvalue weighted by Gasteiger charge is 2.34. The summed E-state index contributed by atoms with van der Waals surface area (Å²) in [5.41, 5.74) is 6.23. The normalized spacial score (nSPS) is 18.7. The molecule has 0 saturated carbocycles. The molecule has 1 N–H and O–H groups in total. The molecule has 29 heavy (non-hydrogen) atoms. The van der Waals surface area contributed by atoms with E-state index >= 15 is 0 Å². The molecule has 2 aromatic heterocycles. The van der Waals surface area contributed by atoms with Crippen molar-refractivity contribution in [2.24, 2.45) is 0 Å². The van der Waals surface area contributed by atoms with E-state index in [0.717, 1.165) is 49.2 Å². The lowest BCUT2D eigenvalue weighted by atomic mass is 10.0. The number of rotatable bonds is 3. The van der Waals surface area contributed by atoms with Crippen LogP contribution >= 0.6 is 0 Å². The fourth-order valence-corrected chi connectivity index (χ4v) is 4.56. The van der Waals surface area contributed by atoms with Gasteiger partial charge in [0, 0.05) is 43.3 Å². The number of carbonyl (C=O) groups excluding carboxylic acids is 1. The first kappa shape index (κ1) is 18.1. The van der Waals surface area contributed by atoms with E-state index in [9.17, 15) is 4.79 Å². The van der Waals surface area contributed by atoms with Crippen molar-refractivity contribution in [1.29, 1.82) is 0 Å². The smallest absolute Gasteiger partial charge is 0.275 e. The maximum Gasteiger partial charge on any atom is 0.275 e. The first-order valence-corrected chi connectivity index (χ1v) is 10.3. The summed E-state index contributed by atoms with van der Waals surface area (Å²) in [6.45, 7) is 4.29. The number of nitrogens with one attached hydrogen (secondary N) is 1. The molecule has 3 heterocycles. The largest absolute Gasteiger partial charge is 0.328 e. The summed E-state index contributed by atoms with van der Waals surface area (Å²) >= 11 is 0. The summed E-state index contributed by atoms with van der Waals surface area (Å²) in [6.07, 6.45) is 6.59. The molecule has 1 saturated heterocycles. The second-order valence-corrected chi connectivity index (χ2v) is 7.83. The van der Waals surface area contributed by atoms with Crippen molar-refractivity contribution >= 4 is 5.91 Å². The fourth-order valence-electron chi connectivity index (χ4n) is 4.56. The molecule has 6 nitrogen and oxygen atoms in total. The molecular formula is C23H25N5O. The average molecular weight is 387 g/mol. The van der Waals surface area contributed by atoms with Crippen molar-refractivity contribution in [2.75, 3.05) is 19.6 Å². The zero-order chi connectivity index (χ0) is 19.8. The zero-order valence-electron chi connectivity index (χ0n) is 16.6. The van der Waals surface area contributed by atoms with E-state index in [1.165, 1.54) is 11.3 Å². The molecule has 1 aromatic carbocycles. The first-order chi connectivity index (χ1) is 14.2. The lowest BCUT2D eigenvalue weighted by molar-refractivity contribution is 0.0626. The molecule has 0 spiro atoms. The van der Waals surface area contributed by atoms with E-state index in [4.69, 9.17) is 5.10 Å². The van der Waals surface area contributed by atoms with Crippen molar-refractivity contribution in [1.82, 2.24) is 25.0 Å². The number of aryl methyl sites for hydroxylation is 1. The third-order valence-corrected chi connectivity index (χ3v) is 6.05. The Morgan fingerprint density at radius 2 is 2.07 bits per heavy atom. The number of fused-ring (bicyclic) bond motifs is 1. The summed E-state index contributed by atoms with van der Waals surface area (Å²) < 4.78 is 2.01. The topological polar surface area (TPSA) is 63.1 Å². The van der Waals surface area contributed by atoms with Crippen molar-refractivity contribution in [3.8, 4) is 5.69 Å². The number of pyridine rings is 1. The van der Waals surface area contributed by atoms with Crippen LogP contribution in [0.25, 0.3) is 5.69 Å². The van der Waals surface area contributed by atoms with Gasteiger partial charge in [-0.2, -0.15) is 5.10 Å². The standard InChI is InChI=1S/C23H25N5O/c1-16-6-2-3-9-19(16)28-20-10-4-8-18(20)22(26-28)23(29)27-13-12-25-15-21(27)17-7-5-11-24-14-17/h2-3,5-7,9,11,14,21,25H,4,8,10,12-13,15H2,1H3. The molecule has 148 valence electrons. The molecule has 3 aromatic rings. The highest BCUT2D eigenvalue weighted by Crippen LogP contribution is 2.31. The molecule has 2 aliphatic rings. The zero-order valence-corrected chi connectivity index (χ0v) is 16.6. The Hall–Kier alpha value is -2.99. The van der Waals surface area contributed by atoms with Gasteiger partial charge in [0.25, 0.3) is 5.91 Å². The Balaban J connectivity index is 1.55. The number of carbonyl (C=O) groups is 1. The summed E-state index contributed by atoms with van der Waals surface area (Å²) in [5.74, 6) is 0.0332. The first-order valence-electron chi connectivity index (χ1n) is 10.3. The van der Waals surface area contributed by atoms with Crippen LogP contribution in [0.5, 0.6) is 0 Å². The molecule has 1 unspecified atom stereocenters. The van der Waals surface area contributed by atoms with Gasteiger partial charge in [-0.3, -0.25) is 9.78 Å². The molecule has 1 fully saturated rings. The minimum Gasteiger partial charge on any atom is -0.328 e. The molecule has 1 atom stereocenters. The van der Waals surface area contributed by atoms with Gasteiger partial charge in [0.05, 0.1) is 11.7 Å². The maximum absolute atomic E-state index is 13.7. The number of nitrogens with zero attached hydrogens (tertiary/aromatic N) is 4.